The molecule has 2 bridgehead atoms. The van der Waals surface area contributed by atoms with Crippen molar-refractivity contribution in [3.05, 3.63) is 22.8 Å². The second-order valence-electron chi connectivity index (χ2n) is 9.89. The zero-order valence-corrected chi connectivity index (χ0v) is 16.5. The summed E-state index contributed by atoms with van der Waals surface area (Å²) < 4.78 is 10.4. The van der Waals surface area contributed by atoms with Crippen molar-refractivity contribution in [3.63, 3.8) is 0 Å². The molecule has 0 aromatic carbocycles. The normalized spacial score (nSPS) is 34.9. The summed E-state index contributed by atoms with van der Waals surface area (Å²) in [5, 5.41) is 0. The van der Waals surface area contributed by atoms with Gasteiger partial charge in [0, 0.05) is 11.0 Å². The molecule has 2 unspecified atom stereocenters. The molecule has 3 rings (SSSR count). The first-order chi connectivity index (χ1) is 11.4. The molecular formula is C21H30O4. The molecule has 25 heavy (non-hydrogen) atoms. The number of hydrogen-bond acceptors (Lipinski definition) is 4. The Hall–Kier alpha value is -1.58. The summed E-state index contributed by atoms with van der Waals surface area (Å²) in [6.07, 6.45) is 5.52. The van der Waals surface area contributed by atoms with Gasteiger partial charge in [-0.1, -0.05) is 40.7 Å². The van der Waals surface area contributed by atoms with E-state index in [-0.39, 0.29) is 28.2 Å². The second kappa shape index (κ2) is 5.21. The molecule has 4 nitrogen and oxygen atoms in total. The summed E-state index contributed by atoms with van der Waals surface area (Å²) in [5.41, 5.74) is 1.52. The van der Waals surface area contributed by atoms with Crippen LogP contribution in [0.4, 0.5) is 0 Å². The fourth-order valence-electron chi connectivity index (χ4n) is 6.23. The Bertz CT molecular complexity index is 709. The summed E-state index contributed by atoms with van der Waals surface area (Å²) in [5.74, 6) is -0.537. The van der Waals surface area contributed by atoms with Crippen LogP contribution in [0, 0.1) is 21.7 Å². The lowest BCUT2D eigenvalue weighted by Gasteiger charge is -2.54. The lowest BCUT2D eigenvalue weighted by atomic mass is 9.49. The van der Waals surface area contributed by atoms with Crippen LogP contribution in [0.15, 0.2) is 22.8 Å². The fourth-order valence-corrected chi connectivity index (χ4v) is 6.23. The van der Waals surface area contributed by atoms with Gasteiger partial charge >= 0.3 is 11.9 Å². The van der Waals surface area contributed by atoms with Gasteiger partial charge in [0.2, 0.25) is 0 Å². The standard InChI is InChI=1S/C21H30O4/c1-18(2)10-20(5)9-13-8-19(3,4)15(16(22)24-6)14(13)21(11-18,12-20)17(23)25-7/h9H,8,10-12H2,1-7H3. The van der Waals surface area contributed by atoms with E-state index < -0.39 is 5.41 Å². The predicted molar refractivity (Wildman–Crippen MR) is 95.7 cm³/mol. The quantitative estimate of drug-likeness (QED) is 0.703. The molecule has 0 saturated heterocycles. The van der Waals surface area contributed by atoms with E-state index in [9.17, 15) is 9.59 Å². The van der Waals surface area contributed by atoms with Crippen molar-refractivity contribution in [2.75, 3.05) is 14.2 Å². The number of methoxy groups -OCH3 is 2. The van der Waals surface area contributed by atoms with Crippen LogP contribution in [-0.4, -0.2) is 26.2 Å². The molecule has 0 aromatic rings. The van der Waals surface area contributed by atoms with E-state index in [1.165, 1.54) is 14.2 Å². The Morgan fingerprint density at radius 1 is 0.960 bits per heavy atom. The van der Waals surface area contributed by atoms with Gasteiger partial charge < -0.3 is 9.47 Å². The molecule has 0 heterocycles. The molecule has 4 heteroatoms. The summed E-state index contributed by atoms with van der Waals surface area (Å²) in [7, 11) is 2.86. The summed E-state index contributed by atoms with van der Waals surface area (Å²) >= 11 is 0. The van der Waals surface area contributed by atoms with Crippen molar-refractivity contribution in [3.8, 4) is 0 Å². The van der Waals surface area contributed by atoms with Gasteiger partial charge in [-0.05, 0) is 47.7 Å². The van der Waals surface area contributed by atoms with Gasteiger partial charge in [-0.15, -0.1) is 0 Å². The molecule has 2 atom stereocenters. The first-order valence-electron chi connectivity index (χ1n) is 9.04. The Kier molecular flexibility index (Phi) is 3.80. The Balaban J connectivity index is 2.36. The number of rotatable bonds is 2. The van der Waals surface area contributed by atoms with E-state index in [0.29, 0.717) is 18.4 Å². The minimum Gasteiger partial charge on any atom is -0.468 e. The van der Waals surface area contributed by atoms with Gasteiger partial charge in [-0.3, -0.25) is 4.79 Å². The highest BCUT2D eigenvalue weighted by Gasteiger charge is 2.62. The van der Waals surface area contributed by atoms with Crippen molar-refractivity contribution in [1.82, 2.24) is 0 Å². The van der Waals surface area contributed by atoms with Gasteiger partial charge in [0.25, 0.3) is 0 Å². The molecule has 0 aliphatic heterocycles. The number of esters is 2. The Labute approximate surface area is 150 Å². The highest BCUT2D eigenvalue weighted by molar-refractivity contribution is 5.97. The molecule has 0 aromatic heterocycles. The minimum atomic E-state index is -0.757. The van der Waals surface area contributed by atoms with Crippen LogP contribution in [-0.2, 0) is 19.1 Å². The molecule has 1 saturated carbocycles. The third-order valence-corrected chi connectivity index (χ3v) is 6.22. The van der Waals surface area contributed by atoms with Gasteiger partial charge in [0.15, 0.2) is 0 Å². The third-order valence-electron chi connectivity index (χ3n) is 6.22. The molecule has 3 aliphatic carbocycles. The fraction of sp³-hybridized carbons (Fsp3) is 0.714. The van der Waals surface area contributed by atoms with Crippen molar-refractivity contribution in [2.24, 2.45) is 21.7 Å². The number of ether oxygens (including phenoxy) is 2. The van der Waals surface area contributed by atoms with Crippen LogP contribution >= 0.6 is 0 Å². The van der Waals surface area contributed by atoms with Crippen LogP contribution in [0.25, 0.3) is 0 Å². The summed E-state index contributed by atoms with van der Waals surface area (Å²) in [6.45, 7) is 10.8. The summed E-state index contributed by atoms with van der Waals surface area (Å²) in [6, 6.07) is 0. The number of hydrogen-bond donors (Lipinski definition) is 0. The van der Waals surface area contributed by atoms with Gasteiger partial charge in [0.05, 0.1) is 19.6 Å². The molecule has 0 radical (unpaired) electrons. The van der Waals surface area contributed by atoms with Crippen LogP contribution in [0.5, 0.6) is 0 Å². The maximum atomic E-state index is 13.1. The van der Waals surface area contributed by atoms with Crippen molar-refractivity contribution >= 4 is 11.9 Å². The topological polar surface area (TPSA) is 52.6 Å². The minimum absolute atomic E-state index is 0.00974. The van der Waals surface area contributed by atoms with E-state index in [4.69, 9.17) is 9.47 Å². The molecular weight excluding hydrogens is 316 g/mol. The number of allylic oxidation sites excluding steroid dienone is 2. The highest BCUT2D eigenvalue weighted by atomic mass is 16.5. The maximum absolute atomic E-state index is 13.1. The molecule has 3 aliphatic rings. The molecule has 138 valence electrons. The number of fused-ring (bicyclic) bond motifs is 4. The van der Waals surface area contributed by atoms with E-state index >= 15 is 0 Å². The lowest BCUT2D eigenvalue weighted by molar-refractivity contribution is -0.157. The van der Waals surface area contributed by atoms with E-state index in [1.54, 1.807) is 0 Å². The number of carbonyl (C=O) groups is 2. The predicted octanol–water partition coefficient (Wildman–Crippen LogP) is 4.20. The average Bonchev–Trinajstić information content (AvgIpc) is 2.73. The third kappa shape index (κ3) is 2.56. The largest absolute Gasteiger partial charge is 0.468 e. The molecule has 1 fully saturated rings. The van der Waals surface area contributed by atoms with Crippen LogP contribution < -0.4 is 0 Å². The first kappa shape index (κ1) is 18.2. The van der Waals surface area contributed by atoms with Gasteiger partial charge in [-0.25, -0.2) is 4.79 Å². The lowest BCUT2D eigenvalue weighted by Crippen LogP contribution is -2.50. The zero-order chi connectivity index (χ0) is 18.8. The first-order valence-corrected chi connectivity index (χ1v) is 9.04. The SMILES string of the molecule is COC(=O)C1=C2C(=CC3(C)CC(C)(C)CC2(C(=O)OC)C3)CC1(C)C. The van der Waals surface area contributed by atoms with Crippen LogP contribution in [0.3, 0.4) is 0 Å². The molecule has 0 spiro atoms. The second-order valence-corrected chi connectivity index (χ2v) is 9.89. The van der Waals surface area contributed by atoms with Crippen molar-refractivity contribution in [2.45, 2.75) is 60.3 Å². The van der Waals surface area contributed by atoms with Gasteiger partial charge in [0.1, 0.15) is 0 Å². The number of carbonyl (C=O) groups excluding carboxylic acids is 2. The smallest absolute Gasteiger partial charge is 0.334 e. The molecule has 0 N–H and O–H groups in total. The van der Waals surface area contributed by atoms with Crippen LogP contribution in [0.2, 0.25) is 0 Å². The Morgan fingerprint density at radius 2 is 1.60 bits per heavy atom. The zero-order valence-electron chi connectivity index (χ0n) is 16.5. The van der Waals surface area contributed by atoms with Crippen molar-refractivity contribution < 1.29 is 19.1 Å². The van der Waals surface area contributed by atoms with E-state index in [2.05, 4.69) is 40.7 Å². The van der Waals surface area contributed by atoms with E-state index in [0.717, 1.165) is 24.0 Å². The van der Waals surface area contributed by atoms with Crippen LogP contribution in [0.1, 0.15) is 60.3 Å². The summed E-state index contributed by atoms with van der Waals surface area (Å²) in [4.78, 5) is 25.8. The average molecular weight is 346 g/mol. The van der Waals surface area contributed by atoms with Gasteiger partial charge in [-0.2, -0.15) is 0 Å². The maximum Gasteiger partial charge on any atom is 0.334 e. The highest BCUT2D eigenvalue weighted by Crippen LogP contribution is 2.67. The Morgan fingerprint density at radius 3 is 2.16 bits per heavy atom. The monoisotopic (exact) mass is 346 g/mol. The van der Waals surface area contributed by atoms with Crippen molar-refractivity contribution in [1.29, 1.82) is 0 Å². The molecule has 0 amide bonds. The van der Waals surface area contributed by atoms with E-state index in [1.807, 2.05) is 0 Å².